The highest BCUT2D eigenvalue weighted by Crippen LogP contribution is 2.04. The monoisotopic (exact) mass is 306 g/mol. The van der Waals surface area contributed by atoms with Crippen molar-refractivity contribution in [2.75, 3.05) is 0 Å². The van der Waals surface area contributed by atoms with E-state index in [1.165, 1.54) is 24.3 Å². The molecule has 0 atom stereocenters. The number of amides is 1. The third-order valence-electron chi connectivity index (χ3n) is 3.42. The minimum Gasteiger partial charge on any atom is -0.328 e. The molecule has 1 aromatic heterocycles. The number of hydrogen-bond acceptors (Lipinski definition) is 1. The predicted octanol–water partition coefficient (Wildman–Crippen LogP) is 3.42. The quantitative estimate of drug-likeness (QED) is 0.730. The lowest BCUT2D eigenvalue weighted by atomic mass is 10.2. The average Bonchev–Trinajstić information content (AvgIpc) is 2.58. The Balaban J connectivity index is 1.93. The van der Waals surface area contributed by atoms with E-state index in [-0.39, 0.29) is 5.82 Å². The standard InChI is InChI=1S/C19H15FN2O/c20-17-11-9-16(10-12-17)19(23)21-18-8-4-5-13-22(18)14-15-6-2-1-3-7-15/h1-13H,14H2. The first kappa shape index (κ1) is 14.9. The van der Waals surface area contributed by atoms with E-state index in [4.69, 9.17) is 0 Å². The first-order valence-corrected chi connectivity index (χ1v) is 7.26. The van der Waals surface area contributed by atoms with E-state index in [1.54, 1.807) is 6.07 Å². The molecule has 3 aromatic rings. The summed E-state index contributed by atoms with van der Waals surface area (Å²) in [6, 6.07) is 20.8. The van der Waals surface area contributed by atoms with Crippen molar-refractivity contribution in [2.24, 2.45) is 4.99 Å². The fraction of sp³-hybridized carbons (Fsp3) is 0.0526. The van der Waals surface area contributed by atoms with Gasteiger partial charge in [0.1, 0.15) is 11.3 Å². The molecule has 1 heterocycles. The topological polar surface area (TPSA) is 34.4 Å². The van der Waals surface area contributed by atoms with Crippen molar-refractivity contribution in [3.05, 3.63) is 101 Å². The molecule has 0 aliphatic rings. The second-order valence-corrected chi connectivity index (χ2v) is 5.10. The summed E-state index contributed by atoms with van der Waals surface area (Å²) >= 11 is 0. The van der Waals surface area contributed by atoms with Crippen LogP contribution in [0.15, 0.2) is 84.0 Å². The van der Waals surface area contributed by atoms with Crippen molar-refractivity contribution in [1.82, 2.24) is 4.57 Å². The van der Waals surface area contributed by atoms with Gasteiger partial charge in [0.25, 0.3) is 5.91 Å². The van der Waals surface area contributed by atoms with Gasteiger partial charge in [-0.1, -0.05) is 36.4 Å². The summed E-state index contributed by atoms with van der Waals surface area (Å²) < 4.78 is 14.8. The molecule has 4 heteroatoms. The third kappa shape index (κ3) is 3.80. The summed E-state index contributed by atoms with van der Waals surface area (Å²) in [6.07, 6.45) is 1.88. The van der Waals surface area contributed by atoms with Crippen LogP contribution in [0.5, 0.6) is 0 Å². The number of pyridine rings is 1. The average molecular weight is 306 g/mol. The smallest absolute Gasteiger partial charge is 0.278 e. The van der Waals surface area contributed by atoms with E-state index >= 15 is 0 Å². The van der Waals surface area contributed by atoms with Gasteiger partial charge in [-0.05, 0) is 42.0 Å². The molecule has 0 saturated carbocycles. The molecule has 0 radical (unpaired) electrons. The molecule has 0 aliphatic heterocycles. The maximum absolute atomic E-state index is 12.9. The largest absolute Gasteiger partial charge is 0.328 e. The Hall–Kier alpha value is -3.01. The van der Waals surface area contributed by atoms with Crippen LogP contribution in [0, 0.1) is 5.82 Å². The molecule has 1 amide bonds. The van der Waals surface area contributed by atoms with Crippen molar-refractivity contribution in [1.29, 1.82) is 0 Å². The van der Waals surface area contributed by atoms with Crippen LogP contribution in [0.1, 0.15) is 15.9 Å². The minimum absolute atomic E-state index is 0.363. The molecule has 3 nitrogen and oxygen atoms in total. The van der Waals surface area contributed by atoms with Crippen LogP contribution in [0.3, 0.4) is 0 Å². The Morgan fingerprint density at radius 3 is 2.35 bits per heavy atom. The predicted molar refractivity (Wildman–Crippen MR) is 86.3 cm³/mol. The van der Waals surface area contributed by atoms with E-state index < -0.39 is 5.91 Å². The van der Waals surface area contributed by atoms with Gasteiger partial charge in [0.2, 0.25) is 0 Å². The van der Waals surface area contributed by atoms with E-state index in [0.717, 1.165) is 5.56 Å². The van der Waals surface area contributed by atoms with Gasteiger partial charge in [-0.25, -0.2) is 4.39 Å². The second-order valence-electron chi connectivity index (χ2n) is 5.10. The van der Waals surface area contributed by atoms with Crippen molar-refractivity contribution in [2.45, 2.75) is 6.54 Å². The van der Waals surface area contributed by atoms with Crippen LogP contribution in [-0.2, 0) is 6.54 Å². The van der Waals surface area contributed by atoms with Crippen LogP contribution in [0.4, 0.5) is 4.39 Å². The number of aromatic nitrogens is 1. The molecular weight excluding hydrogens is 291 g/mol. The lowest BCUT2D eigenvalue weighted by Gasteiger charge is -2.07. The Morgan fingerprint density at radius 2 is 1.61 bits per heavy atom. The molecule has 3 rings (SSSR count). The van der Waals surface area contributed by atoms with Gasteiger partial charge in [0.15, 0.2) is 0 Å². The number of carbonyl (C=O) groups excluding carboxylic acids is 1. The first-order chi connectivity index (χ1) is 11.2. The van der Waals surface area contributed by atoms with E-state index in [9.17, 15) is 9.18 Å². The Morgan fingerprint density at radius 1 is 0.913 bits per heavy atom. The van der Waals surface area contributed by atoms with Gasteiger partial charge >= 0.3 is 0 Å². The van der Waals surface area contributed by atoms with Crippen molar-refractivity contribution >= 4 is 5.91 Å². The van der Waals surface area contributed by atoms with Gasteiger partial charge in [-0.3, -0.25) is 4.79 Å². The van der Waals surface area contributed by atoms with Gasteiger partial charge < -0.3 is 4.57 Å². The molecule has 0 bridgehead atoms. The summed E-state index contributed by atoms with van der Waals surface area (Å²) in [7, 11) is 0. The maximum atomic E-state index is 12.9. The molecule has 0 fully saturated rings. The van der Waals surface area contributed by atoms with E-state index in [0.29, 0.717) is 17.6 Å². The summed E-state index contributed by atoms with van der Waals surface area (Å²) in [5.41, 5.74) is 2.04. The number of benzene rings is 2. The summed E-state index contributed by atoms with van der Waals surface area (Å²) in [4.78, 5) is 16.4. The van der Waals surface area contributed by atoms with Crippen molar-refractivity contribution in [3.63, 3.8) is 0 Å². The molecule has 2 aromatic carbocycles. The fourth-order valence-electron chi connectivity index (χ4n) is 2.24. The molecule has 0 spiro atoms. The highest BCUT2D eigenvalue weighted by molar-refractivity contribution is 5.94. The molecule has 23 heavy (non-hydrogen) atoms. The Kier molecular flexibility index (Phi) is 4.43. The van der Waals surface area contributed by atoms with Crippen LogP contribution in [-0.4, -0.2) is 10.5 Å². The Labute approximate surface area is 133 Å². The van der Waals surface area contributed by atoms with E-state index in [2.05, 4.69) is 4.99 Å². The minimum atomic E-state index is -0.391. The number of carbonyl (C=O) groups is 1. The second kappa shape index (κ2) is 6.83. The number of hydrogen-bond donors (Lipinski definition) is 0. The molecular formula is C19H15FN2O. The van der Waals surface area contributed by atoms with Gasteiger partial charge in [0, 0.05) is 18.3 Å². The van der Waals surface area contributed by atoms with Crippen LogP contribution < -0.4 is 5.49 Å². The van der Waals surface area contributed by atoms with Crippen LogP contribution in [0.25, 0.3) is 0 Å². The summed E-state index contributed by atoms with van der Waals surface area (Å²) in [6.45, 7) is 0.622. The Bertz CT molecular complexity index is 868. The number of rotatable bonds is 3. The first-order valence-electron chi connectivity index (χ1n) is 7.26. The maximum Gasteiger partial charge on any atom is 0.278 e. The van der Waals surface area contributed by atoms with E-state index in [1.807, 2.05) is 53.2 Å². The lowest BCUT2D eigenvalue weighted by molar-refractivity contribution is 0.0997. The number of halogens is 1. The van der Waals surface area contributed by atoms with Crippen molar-refractivity contribution in [3.8, 4) is 0 Å². The number of nitrogens with zero attached hydrogens (tertiary/aromatic N) is 2. The molecule has 114 valence electrons. The van der Waals surface area contributed by atoms with Crippen molar-refractivity contribution < 1.29 is 9.18 Å². The molecule has 0 saturated heterocycles. The zero-order chi connectivity index (χ0) is 16.1. The van der Waals surface area contributed by atoms with Gasteiger partial charge in [0.05, 0.1) is 0 Å². The summed E-state index contributed by atoms with van der Waals surface area (Å²) in [5.74, 6) is -0.765. The van der Waals surface area contributed by atoms with Gasteiger partial charge in [-0.15, -0.1) is 0 Å². The molecule has 0 unspecified atom stereocenters. The SMILES string of the molecule is O=C(N=c1ccccn1Cc1ccccc1)c1ccc(F)cc1. The molecule has 0 N–H and O–H groups in total. The fourth-order valence-corrected chi connectivity index (χ4v) is 2.24. The zero-order valence-corrected chi connectivity index (χ0v) is 12.4. The highest BCUT2D eigenvalue weighted by Gasteiger charge is 2.04. The van der Waals surface area contributed by atoms with Gasteiger partial charge in [-0.2, -0.15) is 4.99 Å². The zero-order valence-electron chi connectivity index (χ0n) is 12.4. The summed E-state index contributed by atoms with van der Waals surface area (Å²) in [5, 5.41) is 0. The van der Waals surface area contributed by atoms with Crippen LogP contribution in [0.2, 0.25) is 0 Å². The molecule has 0 aliphatic carbocycles. The highest BCUT2D eigenvalue weighted by atomic mass is 19.1. The third-order valence-corrected chi connectivity index (χ3v) is 3.42. The lowest BCUT2D eigenvalue weighted by Crippen LogP contribution is -2.22. The normalized spacial score (nSPS) is 11.4. The van der Waals surface area contributed by atoms with Crippen LogP contribution >= 0.6 is 0 Å².